The molecule has 0 saturated carbocycles. The van der Waals surface area contributed by atoms with Crippen LogP contribution < -0.4 is 5.73 Å². The maximum atomic E-state index is 10.5. The highest BCUT2D eigenvalue weighted by Crippen LogP contribution is 2.48. The zero-order valence-electron chi connectivity index (χ0n) is 6.72. The number of phenolic OH excluding ortho intramolecular Hbond substituents is 3. The molecule has 0 bridgehead atoms. The standard InChI is InChI=1S/C7H7NO6/c8-2-1(7(13)14)3(9)5(11)6(12)4(2)10/h9-12H,8H2,(H,13,14). The largest absolute Gasteiger partial charge is 0.504 e. The highest BCUT2D eigenvalue weighted by molar-refractivity contribution is 6.00. The van der Waals surface area contributed by atoms with Crippen LogP contribution >= 0.6 is 0 Å². The van der Waals surface area contributed by atoms with Crippen molar-refractivity contribution >= 4 is 11.7 Å². The van der Waals surface area contributed by atoms with Crippen molar-refractivity contribution in [3.63, 3.8) is 0 Å². The van der Waals surface area contributed by atoms with Crippen LogP contribution in [0.5, 0.6) is 23.0 Å². The lowest BCUT2D eigenvalue weighted by atomic mass is 10.1. The highest BCUT2D eigenvalue weighted by Gasteiger charge is 2.25. The van der Waals surface area contributed by atoms with Gasteiger partial charge < -0.3 is 31.3 Å². The third kappa shape index (κ3) is 1.11. The number of nitrogen functional groups attached to an aromatic ring is 1. The van der Waals surface area contributed by atoms with Crippen molar-refractivity contribution in [3.05, 3.63) is 5.56 Å². The van der Waals surface area contributed by atoms with Crippen LogP contribution in [0.4, 0.5) is 5.69 Å². The summed E-state index contributed by atoms with van der Waals surface area (Å²) in [6.07, 6.45) is 0. The summed E-state index contributed by atoms with van der Waals surface area (Å²) in [7, 11) is 0. The topological polar surface area (TPSA) is 144 Å². The van der Waals surface area contributed by atoms with Crippen molar-refractivity contribution < 1.29 is 30.3 Å². The molecule has 0 aliphatic heterocycles. The molecule has 7 N–H and O–H groups in total. The monoisotopic (exact) mass is 201 g/mol. The molecule has 76 valence electrons. The predicted octanol–water partition coefficient (Wildman–Crippen LogP) is -0.211. The molecule has 0 amide bonds. The molecular formula is C7H7NO6. The Balaban J connectivity index is 3.68. The normalized spacial score (nSPS) is 10.0. The van der Waals surface area contributed by atoms with Crippen molar-refractivity contribution in [3.8, 4) is 23.0 Å². The summed E-state index contributed by atoms with van der Waals surface area (Å²) in [4.78, 5) is 10.5. The Kier molecular flexibility index (Phi) is 2.01. The molecule has 0 fully saturated rings. The molecule has 0 aromatic heterocycles. The Hall–Kier alpha value is -2.31. The number of anilines is 1. The first-order chi connectivity index (χ1) is 6.37. The molecule has 0 saturated heterocycles. The van der Waals surface area contributed by atoms with Crippen LogP contribution in [0.25, 0.3) is 0 Å². The maximum absolute atomic E-state index is 10.5. The summed E-state index contributed by atoms with van der Waals surface area (Å²) in [5.41, 5.74) is 3.51. The zero-order chi connectivity index (χ0) is 11.0. The van der Waals surface area contributed by atoms with Gasteiger partial charge in [-0.05, 0) is 0 Å². The predicted molar refractivity (Wildman–Crippen MR) is 44.5 cm³/mol. The Morgan fingerprint density at radius 2 is 1.36 bits per heavy atom. The Bertz CT molecular complexity index is 384. The molecule has 0 atom stereocenters. The smallest absolute Gasteiger partial charge is 0.341 e. The van der Waals surface area contributed by atoms with E-state index in [4.69, 9.17) is 31.3 Å². The van der Waals surface area contributed by atoms with Crippen molar-refractivity contribution in [1.82, 2.24) is 0 Å². The van der Waals surface area contributed by atoms with Gasteiger partial charge in [0.1, 0.15) is 5.56 Å². The van der Waals surface area contributed by atoms with E-state index in [2.05, 4.69) is 0 Å². The summed E-state index contributed by atoms with van der Waals surface area (Å²) < 4.78 is 0. The minimum absolute atomic E-state index is 0.717. The van der Waals surface area contributed by atoms with E-state index in [1.54, 1.807) is 0 Å². The molecule has 0 spiro atoms. The number of benzene rings is 1. The van der Waals surface area contributed by atoms with E-state index >= 15 is 0 Å². The van der Waals surface area contributed by atoms with Gasteiger partial charge in [0.05, 0.1) is 5.69 Å². The fourth-order valence-electron chi connectivity index (χ4n) is 0.933. The van der Waals surface area contributed by atoms with Gasteiger partial charge in [-0.2, -0.15) is 0 Å². The molecule has 7 nitrogen and oxygen atoms in total. The Labute approximate surface area is 77.3 Å². The Morgan fingerprint density at radius 1 is 0.929 bits per heavy atom. The Morgan fingerprint density at radius 3 is 1.79 bits per heavy atom. The second kappa shape index (κ2) is 2.87. The second-order valence-corrected chi connectivity index (χ2v) is 2.49. The summed E-state index contributed by atoms with van der Waals surface area (Å²) in [5.74, 6) is -5.91. The van der Waals surface area contributed by atoms with Crippen LogP contribution in [0.3, 0.4) is 0 Å². The number of hydrogen-bond donors (Lipinski definition) is 6. The number of carboxylic acids is 1. The van der Waals surface area contributed by atoms with Crippen LogP contribution in [0.2, 0.25) is 0 Å². The van der Waals surface area contributed by atoms with Crippen molar-refractivity contribution in [2.45, 2.75) is 0 Å². The van der Waals surface area contributed by atoms with Crippen LogP contribution in [0.1, 0.15) is 10.4 Å². The number of carbonyl (C=O) groups is 1. The molecule has 7 heteroatoms. The number of phenols is 4. The average Bonchev–Trinajstić information content (AvgIpc) is 2.11. The first-order valence-corrected chi connectivity index (χ1v) is 3.36. The van der Waals surface area contributed by atoms with Gasteiger partial charge in [-0.1, -0.05) is 0 Å². The number of hydrogen-bond acceptors (Lipinski definition) is 6. The lowest BCUT2D eigenvalue weighted by molar-refractivity contribution is 0.0693. The van der Waals surface area contributed by atoms with Gasteiger partial charge in [-0.15, -0.1) is 0 Å². The van der Waals surface area contributed by atoms with Crippen LogP contribution in [-0.4, -0.2) is 31.5 Å². The maximum Gasteiger partial charge on any atom is 0.341 e. The van der Waals surface area contributed by atoms with Gasteiger partial charge in [0, 0.05) is 0 Å². The molecule has 1 rings (SSSR count). The summed E-state index contributed by atoms with van der Waals surface area (Å²) in [5, 5.41) is 44.6. The molecule has 0 radical (unpaired) electrons. The van der Waals surface area contributed by atoms with Crippen molar-refractivity contribution in [1.29, 1.82) is 0 Å². The lowest BCUT2D eigenvalue weighted by Crippen LogP contribution is -2.03. The molecule has 0 aliphatic carbocycles. The summed E-state index contributed by atoms with van der Waals surface area (Å²) in [6.45, 7) is 0. The first kappa shape index (κ1) is 9.78. The van der Waals surface area contributed by atoms with Crippen molar-refractivity contribution in [2.75, 3.05) is 5.73 Å². The average molecular weight is 201 g/mol. The van der Waals surface area contributed by atoms with E-state index in [9.17, 15) is 4.79 Å². The SMILES string of the molecule is Nc1c(O)c(O)c(O)c(O)c1C(=O)O. The fraction of sp³-hybridized carbons (Fsp3) is 0. The number of aromatic hydroxyl groups is 4. The second-order valence-electron chi connectivity index (χ2n) is 2.49. The lowest BCUT2D eigenvalue weighted by Gasteiger charge is -2.09. The molecule has 0 aliphatic rings. The molecule has 1 aromatic carbocycles. The van der Waals surface area contributed by atoms with Crippen LogP contribution in [0, 0.1) is 0 Å². The van der Waals surface area contributed by atoms with Gasteiger partial charge in [0.15, 0.2) is 11.5 Å². The molecule has 14 heavy (non-hydrogen) atoms. The molecular weight excluding hydrogens is 194 g/mol. The van der Waals surface area contributed by atoms with E-state index in [-0.39, 0.29) is 0 Å². The van der Waals surface area contributed by atoms with E-state index < -0.39 is 40.2 Å². The fourth-order valence-corrected chi connectivity index (χ4v) is 0.933. The molecule has 1 aromatic rings. The van der Waals surface area contributed by atoms with E-state index in [1.807, 2.05) is 0 Å². The van der Waals surface area contributed by atoms with E-state index in [0.717, 1.165) is 0 Å². The third-order valence-electron chi connectivity index (χ3n) is 1.65. The van der Waals surface area contributed by atoms with Crippen LogP contribution in [-0.2, 0) is 0 Å². The third-order valence-corrected chi connectivity index (χ3v) is 1.65. The zero-order valence-corrected chi connectivity index (χ0v) is 6.72. The number of rotatable bonds is 1. The van der Waals surface area contributed by atoms with Crippen molar-refractivity contribution in [2.24, 2.45) is 0 Å². The summed E-state index contributed by atoms with van der Waals surface area (Å²) >= 11 is 0. The molecule has 0 heterocycles. The van der Waals surface area contributed by atoms with Gasteiger partial charge in [0.25, 0.3) is 0 Å². The van der Waals surface area contributed by atoms with Gasteiger partial charge in [0.2, 0.25) is 11.5 Å². The van der Waals surface area contributed by atoms with E-state index in [0.29, 0.717) is 0 Å². The molecule has 0 unspecified atom stereocenters. The number of carboxylic acid groups (broad SMARTS) is 1. The minimum atomic E-state index is -1.63. The number of aromatic carboxylic acids is 1. The quantitative estimate of drug-likeness (QED) is 0.209. The van der Waals surface area contributed by atoms with Gasteiger partial charge in [-0.25, -0.2) is 4.79 Å². The number of nitrogens with two attached hydrogens (primary N) is 1. The summed E-state index contributed by atoms with van der Waals surface area (Å²) in [6, 6.07) is 0. The van der Waals surface area contributed by atoms with E-state index in [1.165, 1.54) is 0 Å². The van der Waals surface area contributed by atoms with Crippen LogP contribution in [0.15, 0.2) is 0 Å². The first-order valence-electron chi connectivity index (χ1n) is 3.36. The minimum Gasteiger partial charge on any atom is -0.504 e. The van der Waals surface area contributed by atoms with Gasteiger partial charge >= 0.3 is 5.97 Å². The van der Waals surface area contributed by atoms with Gasteiger partial charge in [-0.3, -0.25) is 0 Å². The highest BCUT2D eigenvalue weighted by atomic mass is 16.4.